The molecule has 23 heavy (non-hydrogen) atoms. The summed E-state index contributed by atoms with van der Waals surface area (Å²) in [5.74, 6) is 0.0571. The van der Waals surface area contributed by atoms with E-state index in [0.717, 1.165) is 16.6 Å². The second kappa shape index (κ2) is 5.92. The predicted molar refractivity (Wildman–Crippen MR) is 91.5 cm³/mol. The number of anilines is 1. The maximum absolute atomic E-state index is 13.7. The molecule has 0 saturated heterocycles. The Balaban J connectivity index is 1.86. The fourth-order valence-corrected chi connectivity index (χ4v) is 2.32. The van der Waals surface area contributed by atoms with E-state index in [9.17, 15) is 4.39 Å². The third kappa shape index (κ3) is 2.91. The van der Waals surface area contributed by atoms with E-state index in [1.807, 2.05) is 18.2 Å². The number of hydrogen-bond acceptors (Lipinski definition) is 4. The Morgan fingerprint density at radius 3 is 3.04 bits per heavy atom. The highest BCUT2D eigenvalue weighted by atomic mass is 19.1. The van der Waals surface area contributed by atoms with Gasteiger partial charge in [-0.3, -0.25) is 5.10 Å². The molecule has 5 nitrogen and oxygen atoms in total. The van der Waals surface area contributed by atoms with Gasteiger partial charge in [0, 0.05) is 28.4 Å². The summed E-state index contributed by atoms with van der Waals surface area (Å²) in [7, 11) is 0. The molecule has 1 heterocycles. The maximum atomic E-state index is 13.7. The number of halogens is 1. The minimum atomic E-state index is -0.332. The van der Waals surface area contributed by atoms with Crippen LogP contribution in [0.5, 0.6) is 0 Å². The molecule has 6 heteroatoms. The summed E-state index contributed by atoms with van der Waals surface area (Å²) in [6.07, 6.45) is 6.10. The van der Waals surface area contributed by atoms with Crippen LogP contribution in [0.4, 0.5) is 10.1 Å². The number of benzene rings is 1. The Hall–Kier alpha value is -3.15. The topological polar surface area (TPSA) is 79.1 Å². The summed E-state index contributed by atoms with van der Waals surface area (Å²) in [6, 6.07) is 5.73. The van der Waals surface area contributed by atoms with Crippen molar-refractivity contribution in [2.75, 3.05) is 5.32 Å². The number of nitrogens with two attached hydrogens (primary N) is 1. The van der Waals surface area contributed by atoms with Gasteiger partial charge in [0.05, 0.1) is 17.4 Å². The van der Waals surface area contributed by atoms with E-state index in [1.54, 1.807) is 19.2 Å². The van der Waals surface area contributed by atoms with Gasteiger partial charge in [0.15, 0.2) is 0 Å². The minimum absolute atomic E-state index is 0.332. The molecule has 1 aliphatic rings. The first-order valence-corrected chi connectivity index (χ1v) is 7.03. The Kier molecular flexibility index (Phi) is 3.80. The second-order valence-corrected chi connectivity index (χ2v) is 5.13. The Labute approximate surface area is 132 Å². The fraction of sp³-hybridized carbons (Fsp3) is 0.0588. The van der Waals surface area contributed by atoms with Crippen molar-refractivity contribution in [1.29, 1.82) is 0 Å². The summed E-state index contributed by atoms with van der Waals surface area (Å²) < 4.78 is 13.7. The van der Waals surface area contributed by atoms with Gasteiger partial charge in [-0.2, -0.15) is 5.10 Å². The fourth-order valence-electron chi connectivity index (χ4n) is 2.32. The van der Waals surface area contributed by atoms with Gasteiger partial charge in [-0.05, 0) is 37.3 Å². The summed E-state index contributed by atoms with van der Waals surface area (Å²) in [5, 5.41) is 11.0. The Morgan fingerprint density at radius 2 is 2.26 bits per heavy atom. The molecule has 0 spiro atoms. The van der Waals surface area contributed by atoms with Crippen LogP contribution in [0.1, 0.15) is 6.92 Å². The number of H-pyrrole nitrogens is 1. The summed E-state index contributed by atoms with van der Waals surface area (Å²) in [5.41, 5.74) is 8.83. The molecule has 0 unspecified atom stereocenters. The number of aliphatic imine (C=N–C) groups is 1. The lowest BCUT2D eigenvalue weighted by Gasteiger charge is -2.14. The number of aromatic amines is 1. The molecule has 3 rings (SSSR count). The maximum Gasteiger partial charge on any atom is 0.128 e. The van der Waals surface area contributed by atoms with Gasteiger partial charge in [0.2, 0.25) is 0 Å². The minimum Gasteiger partial charge on any atom is -0.404 e. The van der Waals surface area contributed by atoms with Gasteiger partial charge >= 0.3 is 0 Å². The zero-order valence-electron chi connectivity index (χ0n) is 12.6. The van der Waals surface area contributed by atoms with Crippen LogP contribution in [0, 0.1) is 0 Å². The zero-order chi connectivity index (χ0) is 16.4. The number of nitrogens with one attached hydrogen (secondary N) is 2. The number of rotatable bonds is 3. The van der Waals surface area contributed by atoms with Crippen LogP contribution in [-0.2, 0) is 0 Å². The molecule has 2 aromatic rings. The van der Waals surface area contributed by atoms with Crippen LogP contribution >= 0.6 is 0 Å². The lowest BCUT2D eigenvalue weighted by Crippen LogP contribution is -2.11. The van der Waals surface area contributed by atoms with Crippen molar-refractivity contribution in [1.82, 2.24) is 10.2 Å². The SMILES string of the molecule is C=C(/N=C1/C(C)=C(F)C=C/C1=C/N)Nc1ccc2cn[nH]c2c1. The largest absolute Gasteiger partial charge is 0.404 e. The third-order valence-electron chi connectivity index (χ3n) is 3.55. The smallest absolute Gasteiger partial charge is 0.128 e. The van der Waals surface area contributed by atoms with Crippen LogP contribution in [0.15, 0.2) is 77.1 Å². The van der Waals surface area contributed by atoms with E-state index in [-0.39, 0.29) is 5.83 Å². The van der Waals surface area contributed by atoms with Crippen molar-refractivity contribution in [3.63, 3.8) is 0 Å². The lowest BCUT2D eigenvalue weighted by molar-refractivity contribution is 0.659. The highest BCUT2D eigenvalue weighted by molar-refractivity contribution is 6.15. The first kappa shape index (κ1) is 14.8. The average molecular weight is 309 g/mol. The second-order valence-electron chi connectivity index (χ2n) is 5.13. The normalized spacial score (nSPS) is 18.2. The molecule has 4 N–H and O–H groups in total. The zero-order valence-corrected chi connectivity index (χ0v) is 12.6. The van der Waals surface area contributed by atoms with E-state index in [1.165, 1.54) is 12.3 Å². The molecule has 1 aromatic heterocycles. The van der Waals surface area contributed by atoms with Gasteiger partial charge in [0.25, 0.3) is 0 Å². The molecular formula is C17H16FN5. The molecule has 0 bridgehead atoms. The van der Waals surface area contributed by atoms with Gasteiger partial charge in [-0.1, -0.05) is 6.58 Å². The van der Waals surface area contributed by atoms with Crippen LogP contribution < -0.4 is 11.1 Å². The van der Waals surface area contributed by atoms with Gasteiger partial charge in [-0.25, -0.2) is 9.38 Å². The number of allylic oxidation sites excluding steroid dienone is 5. The van der Waals surface area contributed by atoms with Crippen LogP contribution in [0.3, 0.4) is 0 Å². The van der Waals surface area contributed by atoms with Crippen molar-refractivity contribution >= 4 is 22.3 Å². The van der Waals surface area contributed by atoms with Gasteiger partial charge in [0.1, 0.15) is 11.6 Å². The quantitative estimate of drug-likeness (QED) is 0.811. The van der Waals surface area contributed by atoms with Crippen LogP contribution in [-0.4, -0.2) is 15.9 Å². The highest BCUT2D eigenvalue weighted by Gasteiger charge is 2.15. The predicted octanol–water partition coefficient (Wildman–Crippen LogP) is 3.54. The van der Waals surface area contributed by atoms with Crippen molar-refractivity contribution in [3.05, 3.63) is 72.1 Å². The molecule has 0 amide bonds. The van der Waals surface area contributed by atoms with Crippen molar-refractivity contribution < 1.29 is 4.39 Å². The monoisotopic (exact) mass is 309 g/mol. The first-order chi connectivity index (χ1) is 11.1. The summed E-state index contributed by atoms with van der Waals surface area (Å²) in [4.78, 5) is 4.37. The molecule has 0 atom stereocenters. The first-order valence-electron chi connectivity index (χ1n) is 7.03. The van der Waals surface area contributed by atoms with E-state index in [4.69, 9.17) is 5.73 Å². The number of nitrogens with zero attached hydrogens (tertiary/aromatic N) is 2. The summed E-state index contributed by atoms with van der Waals surface area (Å²) >= 11 is 0. The molecule has 1 aromatic carbocycles. The molecule has 1 aliphatic carbocycles. The van der Waals surface area contributed by atoms with E-state index >= 15 is 0 Å². The van der Waals surface area contributed by atoms with E-state index in [0.29, 0.717) is 22.7 Å². The van der Waals surface area contributed by atoms with Crippen LogP contribution in [0.25, 0.3) is 10.9 Å². The number of aromatic nitrogens is 2. The number of hydrogen-bond donors (Lipinski definition) is 3. The Morgan fingerprint density at radius 1 is 1.43 bits per heavy atom. The number of fused-ring (bicyclic) bond motifs is 1. The lowest BCUT2D eigenvalue weighted by atomic mass is 9.98. The third-order valence-corrected chi connectivity index (χ3v) is 3.55. The standard InChI is InChI=1S/C17H16FN5/c1-10-15(18)6-4-12(8-19)17(10)22-11(2)21-14-5-3-13-9-20-23-16(13)7-14/h3-9,21H,2,19H2,1H3,(H,20,23)/b12-8-,22-17-. The average Bonchev–Trinajstić information content (AvgIpc) is 2.99. The van der Waals surface area contributed by atoms with E-state index < -0.39 is 0 Å². The molecule has 0 saturated carbocycles. The van der Waals surface area contributed by atoms with Crippen molar-refractivity contribution in [2.24, 2.45) is 10.7 Å². The van der Waals surface area contributed by atoms with E-state index in [2.05, 4.69) is 27.1 Å². The van der Waals surface area contributed by atoms with Gasteiger partial charge < -0.3 is 11.1 Å². The molecule has 0 aliphatic heterocycles. The highest BCUT2D eigenvalue weighted by Crippen LogP contribution is 2.23. The molecular weight excluding hydrogens is 293 g/mol. The molecule has 0 radical (unpaired) electrons. The van der Waals surface area contributed by atoms with Crippen molar-refractivity contribution in [2.45, 2.75) is 6.92 Å². The molecule has 0 fully saturated rings. The summed E-state index contributed by atoms with van der Waals surface area (Å²) in [6.45, 7) is 5.54. The van der Waals surface area contributed by atoms with Crippen LogP contribution in [0.2, 0.25) is 0 Å². The molecule has 116 valence electrons. The van der Waals surface area contributed by atoms with Gasteiger partial charge in [-0.15, -0.1) is 0 Å². The Bertz CT molecular complexity index is 899. The van der Waals surface area contributed by atoms with Crippen molar-refractivity contribution in [3.8, 4) is 0 Å².